The average Bonchev–Trinajstić information content (AvgIpc) is 2.82. The lowest BCUT2D eigenvalue weighted by Gasteiger charge is -2.42. The van der Waals surface area contributed by atoms with Crippen LogP contribution in [0, 0.1) is 41.4 Å². The largest absolute Gasteiger partial charge is 0.378 e. The van der Waals surface area contributed by atoms with E-state index in [0.717, 1.165) is 62.9 Å². The molecule has 4 fully saturated rings. The Hall–Kier alpha value is -0.180. The summed E-state index contributed by atoms with van der Waals surface area (Å²) in [5.41, 5.74) is 0. The third-order valence-corrected chi connectivity index (χ3v) is 10.3. The fourth-order valence-corrected chi connectivity index (χ4v) is 8.28. The van der Waals surface area contributed by atoms with Crippen LogP contribution in [0.3, 0.4) is 0 Å². The van der Waals surface area contributed by atoms with Crippen LogP contribution in [0.15, 0.2) is 0 Å². The van der Waals surface area contributed by atoms with Crippen LogP contribution in [0.1, 0.15) is 117 Å². The van der Waals surface area contributed by atoms with Gasteiger partial charge in [0.2, 0.25) is 0 Å². The molecule has 0 aromatic carbocycles. The summed E-state index contributed by atoms with van der Waals surface area (Å²) in [6.45, 7) is 5.34. The van der Waals surface area contributed by atoms with E-state index in [1.807, 2.05) is 0 Å². The smallest absolute Gasteiger partial charge is 0.134 e. The van der Waals surface area contributed by atoms with Crippen LogP contribution in [0.4, 0.5) is 8.78 Å². The maximum absolute atomic E-state index is 15.0. The van der Waals surface area contributed by atoms with Crippen molar-refractivity contribution in [2.75, 3.05) is 6.61 Å². The van der Waals surface area contributed by atoms with Crippen LogP contribution >= 0.6 is 0 Å². The molecule has 7 atom stereocenters. The molecule has 4 aliphatic rings. The third kappa shape index (κ3) is 6.08. The number of hydrogen-bond donors (Lipinski definition) is 0. The Morgan fingerprint density at radius 2 is 1.41 bits per heavy atom. The van der Waals surface area contributed by atoms with Crippen molar-refractivity contribution in [3.8, 4) is 0 Å². The fraction of sp³-hybridized carbons (Fsp3) is 1.00. The molecule has 0 N–H and O–H groups in total. The van der Waals surface area contributed by atoms with Crippen LogP contribution in [-0.4, -0.2) is 25.1 Å². The van der Waals surface area contributed by atoms with Crippen molar-refractivity contribution in [3.05, 3.63) is 0 Å². The van der Waals surface area contributed by atoms with Gasteiger partial charge in [-0.25, -0.2) is 8.78 Å². The molecule has 0 aromatic rings. The van der Waals surface area contributed by atoms with Crippen LogP contribution in [0.25, 0.3) is 0 Å². The second kappa shape index (κ2) is 12.0. The van der Waals surface area contributed by atoms with E-state index >= 15 is 8.78 Å². The second-order valence-corrected chi connectivity index (χ2v) is 12.2. The van der Waals surface area contributed by atoms with Crippen LogP contribution in [-0.2, 0) is 4.74 Å². The fourth-order valence-electron chi connectivity index (χ4n) is 8.28. The number of rotatable bonds is 7. The van der Waals surface area contributed by atoms with E-state index in [2.05, 4.69) is 13.8 Å². The minimum Gasteiger partial charge on any atom is -0.378 e. The molecule has 0 aliphatic heterocycles. The molecule has 6 unspecified atom stereocenters. The summed E-state index contributed by atoms with van der Waals surface area (Å²) in [6.07, 6.45) is 17.3. The van der Waals surface area contributed by atoms with E-state index in [1.54, 1.807) is 0 Å². The zero-order valence-corrected chi connectivity index (χ0v) is 21.0. The molecule has 0 radical (unpaired) electrons. The normalized spacial score (nSPS) is 44.4. The first-order valence-electron chi connectivity index (χ1n) is 14.5. The van der Waals surface area contributed by atoms with Crippen molar-refractivity contribution < 1.29 is 13.5 Å². The number of ether oxygens (including phenoxy) is 1. The summed E-state index contributed by atoms with van der Waals surface area (Å²) in [6, 6.07) is 0. The highest BCUT2D eigenvalue weighted by Gasteiger charge is 2.43. The summed E-state index contributed by atoms with van der Waals surface area (Å²) in [5, 5.41) is 0. The van der Waals surface area contributed by atoms with Gasteiger partial charge >= 0.3 is 0 Å². The van der Waals surface area contributed by atoms with Gasteiger partial charge < -0.3 is 4.74 Å². The Kier molecular flexibility index (Phi) is 9.34. The molecule has 32 heavy (non-hydrogen) atoms. The Morgan fingerprint density at radius 1 is 0.688 bits per heavy atom. The first-order chi connectivity index (χ1) is 15.6. The quantitative estimate of drug-likeness (QED) is 0.375. The molecule has 4 rings (SSSR count). The van der Waals surface area contributed by atoms with Crippen LogP contribution in [0.5, 0.6) is 0 Å². The first-order valence-corrected chi connectivity index (χ1v) is 14.5. The minimum absolute atomic E-state index is 0.0113. The maximum Gasteiger partial charge on any atom is 0.134 e. The van der Waals surface area contributed by atoms with Crippen molar-refractivity contribution >= 4 is 0 Å². The zero-order chi connectivity index (χ0) is 22.5. The van der Waals surface area contributed by atoms with Gasteiger partial charge in [0.15, 0.2) is 0 Å². The average molecular weight is 453 g/mol. The highest BCUT2D eigenvalue weighted by atomic mass is 19.2. The van der Waals surface area contributed by atoms with E-state index < -0.39 is 12.3 Å². The monoisotopic (exact) mass is 452 g/mol. The molecule has 186 valence electrons. The van der Waals surface area contributed by atoms with Gasteiger partial charge in [-0.1, -0.05) is 58.3 Å². The second-order valence-electron chi connectivity index (χ2n) is 12.2. The predicted molar refractivity (Wildman–Crippen MR) is 129 cm³/mol. The third-order valence-electron chi connectivity index (χ3n) is 10.3. The Balaban J connectivity index is 1.16. The highest BCUT2D eigenvalue weighted by molar-refractivity contribution is 4.92. The summed E-state index contributed by atoms with van der Waals surface area (Å²) in [5.74, 6) is 3.69. The predicted octanol–water partition coefficient (Wildman–Crippen LogP) is 8.70. The van der Waals surface area contributed by atoms with Crippen molar-refractivity contribution in [1.82, 2.24) is 0 Å². The molecule has 0 heterocycles. The Morgan fingerprint density at radius 3 is 2.09 bits per heavy atom. The van der Waals surface area contributed by atoms with Gasteiger partial charge in [0.25, 0.3) is 0 Å². The summed E-state index contributed by atoms with van der Waals surface area (Å²) < 4.78 is 36.0. The van der Waals surface area contributed by atoms with E-state index in [4.69, 9.17) is 4.74 Å². The molecule has 0 amide bonds. The Bertz CT molecular complexity index is 539. The summed E-state index contributed by atoms with van der Waals surface area (Å²) >= 11 is 0. The van der Waals surface area contributed by atoms with Gasteiger partial charge in [-0.2, -0.15) is 0 Å². The van der Waals surface area contributed by atoms with Crippen LogP contribution < -0.4 is 0 Å². The molecule has 1 nitrogen and oxygen atoms in total. The molecule has 4 aliphatic carbocycles. The van der Waals surface area contributed by atoms with E-state index in [-0.39, 0.29) is 11.8 Å². The maximum atomic E-state index is 15.0. The summed E-state index contributed by atoms with van der Waals surface area (Å²) in [4.78, 5) is 0. The Labute approximate surface area is 196 Å². The van der Waals surface area contributed by atoms with Gasteiger partial charge in [-0.3, -0.25) is 0 Å². The zero-order valence-electron chi connectivity index (χ0n) is 21.0. The lowest BCUT2D eigenvalue weighted by atomic mass is 9.66. The summed E-state index contributed by atoms with van der Waals surface area (Å²) in [7, 11) is 0. The molecule has 0 saturated heterocycles. The van der Waals surface area contributed by atoms with Gasteiger partial charge in [-0.15, -0.1) is 0 Å². The number of hydrogen-bond acceptors (Lipinski definition) is 1. The topological polar surface area (TPSA) is 9.23 Å². The highest BCUT2D eigenvalue weighted by Crippen LogP contribution is 2.46. The lowest BCUT2D eigenvalue weighted by Crippen LogP contribution is -2.42. The van der Waals surface area contributed by atoms with E-state index in [0.29, 0.717) is 17.9 Å². The molecule has 4 saturated carbocycles. The van der Waals surface area contributed by atoms with Crippen molar-refractivity contribution in [3.63, 3.8) is 0 Å². The van der Waals surface area contributed by atoms with E-state index in [1.165, 1.54) is 64.2 Å². The lowest BCUT2D eigenvalue weighted by molar-refractivity contribution is -0.0234. The standard InChI is InChI=1S/C29H50F2O/c1-3-32-27-18-16-25(19-20(27)2)22-12-9-21(10-13-22)11-14-24-15-17-26(29(31)28(24)30)23-7-5-4-6-8-23/h20-29H,3-19H2,1-2H3/t20-,21?,22?,24?,25?,26?,27?,28?,29?/m1/s1. The van der Waals surface area contributed by atoms with Gasteiger partial charge in [0.05, 0.1) is 6.10 Å². The van der Waals surface area contributed by atoms with Gasteiger partial charge in [0.1, 0.15) is 12.3 Å². The molecular weight excluding hydrogens is 402 g/mol. The molecule has 0 bridgehead atoms. The molecule has 0 aromatic heterocycles. The molecular formula is C29H50F2O. The van der Waals surface area contributed by atoms with Crippen molar-refractivity contribution in [2.24, 2.45) is 41.4 Å². The van der Waals surface area contributed by atoms with Crippen LogP contribution in [0.2, 0.25) is 0 Å². The van der Waals surface area contributed by atoms with Crippen molar-refractivity contribution in [1.29, 1.82) is 0 Å². The first kappa shape index (κ1) is 24.9. The number of halogens is 2. The van der Waals surface area contributed by atoms with E-state index in [9.17, 15) is 0 Å². The van der Waals surface area contributed by atoms with Gasteiger partial charge in [0, 0.05) is 6.61 Å². The SMILES string of the molecule is CCOC1CCC(C2CCC(CCC3CCC(C4CCCCC4)C(F)C3F)CC2)C[C@H]1C. The molecule has 0 spiro atoms. The number of alkyl halides is 2. The van der Waals surface area contributed by atoms with Crippen molar-refractivity contribution in [2.45, 2.75) is 135 Å². The van der Waals surface area contributed by atoms with Gasteiger partial charge in [-0.05, 0) is 99.7 Å². The minimum atomic E-state index is -1.20. The molecule has 3 heteroatoms.